The van der Waals surface area contributed by atoms with Gasteiger partial charge in [-0.1, -0.05) is 30.3 Å². The van der Waals surface area contributed by atoms with Crippen LogP contribution in [0.5, 0.6) is 11.5 Å². The third-order valence-corrected chi connectivity index (χ3v) is 6.37. The Hall–Kier alpha value is -6.10. The van der Waals surface area contributed by atoms with Gasteiger partial charge in [0, 0.05) is 23.0 Å². The number of hydrazone groups is 1. The molecule has 5 aromatic rings. The van der Waals surface area contributed by atoms with Crippen LogP contribution in [0.25, 0.3) is 16.9 Å². The highest BCUT2D eigenvalue weighted by atomic mass is 16.6. The van der Waals surface area contributed by atoms with Crippen LogP contribution in [-0.2, 0) is 0 Å². The van der Waals surface area contributed by atoms with Crippen molar-refractivity contribution >= 4 is 23.5 Å². The smallest absolute Gasteiger partial charge is 0.318 e. The third kappa shape index (κ3) is 6.05. The summed E-state index contributed by atoms with van der Waals surface area (Å²) in [5.41, 5.74) is 6.78. The normalized spacial score (nSPS) is 10.9. The molecule has 0 radical (unpaired) electrons. The molecular formula is C31H23N5O6. The number of nitro benzene ring substituents is 2. The molecule has 11 nitrogen and oxygen atoms in total. The minimum absolute atomic E-state index is 0.131. The van der Waals surface area contributed by atoms with E-state index in [1.807, 2.05) is 37.3 Å². The van der Waals surface area contributed by atoms with Crippen molar-refractivity contribution in [2.75, 3.05) is 0 Å². The highest BCUT2D eigenvalue weighted by Gasteiger charge is 2.21. The van der Waals surface area contributed by atoms with Gasteiger partial charge in [-0.2, -0.15) is 5.10 Å². The topological polar surface area (TPSA) is 142 Å². The van der Waals surface area contributed by atoms with Crippen molar-refractivity contribution in [1.29, 1.82) is 0 Å². The van der Waals surface area contributed by atoms with E-state index < -0.39 is 21.2 Å². The molecule has 1 heterocycles. The molecule has 0 unspecified atom stereocenters. The second-order valence-electron chi connectivity index (χ2n) is 9.14. The van der Waals surface area contributed by atoms with Gasteiger partial charge in [-0.25, -0.2) is 5.43 Å². The molecule has 0 aliphatic carbocycles. The van der Waals surface area contributed by atoms with Crippen molar-refractivity contribution in [2.24, 2.45) is 5.10 Å². The van der Waals surface area contributed by atoms with Crippen LogP contribution < -0.4 is 10.2 Å². The van der Waals surface area contributed by atoms with Crippen LogP contribution in [0.15, 0.2) is 114 Å². The molecule has 0 fully saturated rings. The quantitative estimate of drug-likeness (QED) is 0.119. The number of nitrogens with one attached hydrogen (secondary N) is 1. The fraction of sp³-hybridized carbons (Fsp3) is 0.0323. The molecule has 0 bridgehead atoms. The van der Waals surface area contributed by atoms with Crippen molar-refractivity contribution in [3.05, 3.63) is 146 Å². The predicted molar refractivity (Wildman–Crippen MR) is 157 cm³/mol. The standard InChI is InChI=1S/C31H23N5O6/c1-21-7-17-28(23-5-3-2-4-6-23)34(21)25-12-10-24(11-13-25)31(37)33-32-20-22-8-15-27(16-9-22)42-30-18-14-26(35(38)39)19-29(30)36(40)41/h2-20H,1H3,(H,33,37)/b32-20-. The number of rotatable bonds is 9. The molecule has 5 rings (SSSR count). The third-order valence-electron chi connectivity index (χ3n) is 6.37. The van der Waals surface area contributed by atoms with Gasteiger partial charge in [0.15, 0.2) is 0 Å². The molecule has 4 aromatic carbocycles. The average Bonchev–Trinajstić information content (AvgIpc) is 3.39. The molecule has 0 saturated carbocycles. The SMILES string of the molecule is Cc1ccc(-c2ccccc2)n1-c1ccc(C(=O)N/N=C\c2ccc(Oc3ccc([N+](=O)[O-])cc3[N+](=O)[O-])cc2)cc1. The minimum Gasteiger partial charge on any atom is -0.450 e. The number of nitro groups is 2. The summed E-state index contributed by atoms with van der Waals surface area (Å²) in [6.45, 7) is 2.03. The van der Waals surface area contributed by atoms with E-state index in [-0.39, 0.29) is 17.4 Å². The van der Waals surface area contributed by atoms with Crippen molar-refractivity contribution in [3.63, 3.8) is 0 Å². The number of ether oxygens (including phenoxy) is 1. The molecule has 208 valence electrons. The summed E-state index contributed by atoms with van der Waals surface area (Å²) >= 11 is 0. The van der Waals surface area contributed by atoms with Gasteiger partial charge in [-0.3, -0.25) is 25.0 Å². The molecule has 0 aliphatic heterocycles. The number of aromatic nitrogens is 1. The van der Waals surface area contributed by atoms with Crippen LogP contribution in [0.4, 0.5) is 11.4 Å². The van der Waals surface area contributed by atoms with Crippen LogP contribution in [-0.4, -0.2) is 26.5 Å². The fourth-order valence-corrected chi connectivity index (χ4v) is 4.30. The number of non-ortho nitro benzene ring substituents is 1. The lowest BCUT2D eigenvalue weighted by Crippen LogP contribution is -2.17. The van der Waals surface area contributed by atoms with Gasteiger partial charge in [0.25, 0.3) is 11.6 Å². The fourth-order valence-electron chi connectivity index (χ4n) is 4.30. The average molecular weight is 562 g/mol. The molecule has 42 heavy (non-hydrogen) atoms. The van der Waals surface area contributed by atoms with E-state index in [0.717, 1.165) is 34.8 Å². The number of aryl methyl sites for hydroxylation is 1. The summed E-state index contributed by atoms with van der Waals surface area (Å²) in [6, 6.07) is 31.0. The van der Waals surface area contributed by atoms with Crippen LogP contribution in [0.2, 0.25) is 0 Å². The Morgan fingerprint density at radius 2 is 1.57 bits per heavy atom. The summed E-state index contributed by atoms with van der Waals surface area (Å²) in [6.07, 6.45) is 1.44. The molecular weight excluding hydrogens is 538 g/mol. The van der Waals surface area contributed by atoms with Gasteiger partial charge in [0.2, 0.25) is 5.75 Å². The first-order valence-corrected chi connectivity index (χ1v) is 12.7. The number of hydrogen-bond acceptors (Lipinski definition) is 7. The van der Waals surface area contributed by atoms with Crippen LogP contribution in [0, 0.1) is 27.2 Å². The first kappa shape index (κ1) is 27.5. The summed E-state index contributed by atoms with van der Waals surface area (Å²) in [5.74, 6) is -0.231. The maximum atomic E-state index is 12.6. The summed E-state index contributed by atoms with van der Waals surface area (Å²) < 4.78 is 7.68. The van der Waals surface area contributed by atoms with Gasteiger partial charge in [0.05, 0.1) is 27.8 Å². The Morgan fingerprint density at radius 1 is 0.857 bits per heavy atom. The van der Waals surface area contributed by atoms with E-state index in [2.05, 4.69) is 39.4 Å². The van der Waals surface area contributed by atoms with Gasteiger partial charge in [-0.15, -0.1) is 0 Å². The lowest BCUT2D eigenvalue weighted by Gasteiger charge is -2.12. The summed E-state index contributed by atoms with van der Waals surface area (Å²) in [7, 11) is 0. The molecule has 0 aliphatic rings. The van der Waals surface area contributed by atoms with Crippen molar-refractivity contribution in [2.45, 2.75) is 6.92 Å². The zero-order valence-electron chi connectivity index (χ0n) is 22.2. The van der Waals surface area contributed by atoms with E-state index in [4.69, 9.17) is 4.74 Å². The minimum atomic E-state index is -0.747. The van der Waals surface area contributed by atoms with Crippen LogP contribution >= 0.6 is 0 Å². The second-order valence-corrected chi connectivity index (χ2v) is 9.14. The Bertz CT molecular complexity index is 1800. The second kappa shape index (κ2) is 12.0. The molecule has 0 saturated heterocycles. The molecule has 11 heteroatoms. The van der Waals surface area contributed by atoms with Crippen molar-refractivity contribution < 1.29 is 19.4 Å². The number of amides is 1. The zero-order valence-corrected chi connectivity index (χ0v) is 22.2. The Labute approximate surface area is 239 Å². The van der Waals surface area contributed by atoms with Crippen molar-refractivity contribution in [3.8, 4) is 28.4 Å². The number of carbonyl (C=O) groups excluding carboxylic acids is 1. The van der Waals surface area contributed by atoms with Crippen LogP contribution in [0.3, 0.4) is 0 Å². The highest BCUT2D eigenvalue weighted by molar-refractivity contribution is 5.95. The summed E-state index contributed by atoms with van der Waals surface area (Å²) in [5, 5.41) is 26.2. The first-order valence-electron chi connectivity index (χ1n) is 12.7. The Balaban J connectivity index is 1.22. The molecule has 1 N–H and O–H groups in total. The van der Waals surface area contributed by atoms with Gasteiger partial charge >= 0.3 is 5.69 Å². The maximum Gasteiger partial charge on any atom is 0.318 e. The van der Waals surface area contributed by atoms with Gasteiger partial charge in [0.1, 0.15) is 5.75 Å². The van der Waals surface area contributed by atoms with E-state index in [9.17, 15) is 25.0 Å². The molecule has 0 spiro atoms. The highest BCUT2D eigenvalue weighted by Crippen LogP contribution is 2.34. The molecule has 0 atom stereocenters. The van der Waals surface area contributed by atoms with E-state index in [1.165, 1.54) is 12.3 Å². The monoisotopic (exact) mass is 561 g/mol. The number of carbonyl (C=O) groups is 1. The van der Waals surface area contributed by atoms with Crippen LogP contribution in [0.1, 0.15) is 21.6 Å². The summed E-state index contributed by atoms with van der Waals surface area (Å²) in [4.78, 5) is 33.4. The number of nitrogens with zero attached hydrogens (tertiary/aromatic N) is 4. The lowest BCUT2D eigenvalue weighted by molar-refractivity contribution is -0.394. The van der Waals surface area contributed by atoms with E-state index in [0.29, 0.717) is 11.1 Å². The number of hydrogen-bond donors (Lipinski definition) is 1. The van der Waals surface area contributed by atoms with Gasteiger partial charge in [-0.05, 0) is 84.8 Å². The van der Waals surface area contributed by atoms with E-state index in [1.54, 1.807) is 36.4 Å². The Morgan fingerprint density at radius 3 is 2.24 bits per heavy atom. The molecule has 1 aromatic heterocycles. The van der Waals surface area contributed by atoms with Crippen molar-refractivity contribution in [1.82, 2.24) is 9.99 Å². The molecule has 1 amide bonds. The van der Waals surface area contributed by atoms with E-state index >= 15 is 0 Å². The Kier molecular flexibility index (Phi) is 7.82. The first-order chi connectivity index (χ1) is 20.3. The van der Waals surface area contributed by atoms with Gasteiger partial charge < -0.3 is 9.30 Å². The number of benzene rings is 4. The predicted octanol–water partition coefficient (Wildman–Crippen LogP) is 6.83. The maximum absolute atomic E-state index is 12.6. The lowest BCUT2D eigenvalue weighted by atomic mass is 10.1. The largest absolute Gasteiger partial charge is 0.450 e. The zero-order chi connectivity index (χ0) is 29.6.